The minimum absolute atomic E-state index is 0.0785. The molecule has 0 radical (unpaired) electrons. The standard InChI is InChI=1S/C52H38BN3O/c1-52(2)40-22-12-13-27-48(40)57-51-41(52)23-14-26-45(51)54(36-16-6-3-7-17-36)39-28-29-42-46(33-39)55(37-18-8-4-9-19-37)43-24-15-25-44-50(43)53(42)49-35-30-34(31-35)32-47(49)56(44)38-20-10-5-11-21-38/h3-30,32-33H,31H2,1-2H3. The van der Waals surface area contributed by atoms with Crippen LogP contribution in [0, 0.1) is 0 Å². The molecule has 57 heavy (non-hydrogen) atoms. The summed E-state index contributed by atoms with van der Waals surface area (Å²) < 4.78 is 6.92. The zero-order chi connectivity index (χ0) is 37.8. The van der Waals surface area contributed by atoms with Crippen molar-refractivity contribution >= 4 is 74.3 Å². The summed E-state index contributed by atoms with van der Waals surface area (Å²) in [4.78, 5) is 7.36. The minimum Gasteiger partial charge on any atom is -0.455 e. The van der Waals surface area contributed by atoms with E-state index >= 15 is 0 Å². The smallest absolute Gasteiger partial charge is 0.252 e. The van der Waals surface area contributed by atoms with Gasteiger partial charge < -0.3 is 19.4 Å². The maximum Gasteiger partial charge on any atom is 0.252 e. The fraction of sp³-hybridized carbons (Fsp3) is 0.0769. The summed E-state index contributed by atoms with van der Waals surface area (Å²) >= 11 is 0. The second-order valence-corrected chi connectivity index (χ2v) is 16.1. The first-order chi connectivity index (χ1) is 28.0. The Labute approximate surface area is 333 Å². The summed E-state index contributed by atoms with van der Waals surface area (Å²) in [7, 11) is 0. The highest BCUT2D eigenvalue weighted by Crippen LogP contribution is 2.54. The van der Waals surface area contributed by atoms with E-state index in [1.54, 1.807) is 0 Å². The Morgan fingerprint density at radius 3 is 1.86 bits per heavy atom. The molecular weight excluding hydrogens is 693 g/mol. The van der Waals surface area contributed by atoms with Gasteiger partial charge in [0.05, 0.1) is 5.69 Å². The van der Waals surface area contributed by atoms with Crippen molar-refractivity contribution < 1.29 is 4.74 Å². The van der Waals surface area contributed by atoms with Gasteiger partial charge in [-0.05, 0) is 113 Å². The topological polar surface area (TPSA) is 19.0 Å². The predicted octanol–water partition coefficient (Wildman–Crippen LogP) is 11.6. The van der Waals surface area contributed by atoms with Gasteiger partial charge >= 0.3 is 0 Å². The molecule has 2 aliphatic carbocycles. The van der Waals surface area contributed by atoms with E-state index in [1.165, 1.54) is 67.1 Å². The molecule has 0 atom stereocenters. The number of anilines is 9. The molecule has 0 aromatic heterocycles. The summed E-state index contributed by atoms with van der Waals surface area (Å²) in [6.07, 6.45) is 1.02. The largest absolute Gasteiger partial charge is 0.455 e. The molecule has 0 fully saturated rings. The number of benzene rings is 8. The van der Waals surface area contributed by atoms with Crippen LogP contribution in [0.3, 0.4) is 0 Å². The van der Waals surface area contributed by atoms with Crippen LogP contribution in [0.4, 0.5) is 51.2 Å². The van der Waals surface area contributed by atoms with Gasteiger partial charge in [0.1, 0.15) is 5.75 Å². The van der Waals surface area contributed by atoms with Crippen molar-refractivity contribution in [1.29, 1.82) is 0 Å². The van der Waals surface area contributed by atoms with Crippen molar-refractivity contribution in [2.45, 2.75) is 25.7 Å². The highest BCUT2D eigenvalue weighted by Gasteiger charge is 2.46. The molecule has 0 saturated heterocycles. The van der Waals surface area contributed by atoms with Crippen LogP contribution in [0.1, 0.15) is 36.1 Å². The molecule has 0 amide bonds. The molecule has 2 bridgehead atoms. The molecule has 5 heteroatoms. The minimum atomic E-state index is -0.242. The van der Waals surface area contributed by atoms with Crippen LogP contribution < -0.4 is 35.8 Å². The quantitative estimate of drug-likeness (QED) is 0.164. The van der Waals surface area contributed by atoms with Crippen LogP contribution in [-0.2, 0) is 11.8 Å². The first-order valence-corrected chi connectivity index (χ1v) is 19.9. The van der Waals surface area contributed by atoms with Crippen LogP contribution in [-0.4, -0.2) is 6.71 Å². The van der Waals surface area contributed by atoms with Gasteiger partial charge in [-0.2, -0.15) is 0 Å². The van der Waals surface area contributed by atoms with Gasteiger partial charge in [0.25, 0.3) is 6.71 Å². The fourth-order valence-corrected chi connectivity index (χ4v) is 10.0. The second kappa shape index (κ2) is 12.0. The molecule has 13 rings (SSSR count). The maximum atomic E-state index is 6.92. The van der Waals surface area contributed by atoms with E-state index in [2.05, 4.69) is 211 Å². The van der Waals surface area contributed by atoms with Crippen LogP contribution in [0.25, 0.3) is 0 Å². The number of hydrogen-bond acceptors (Lipinski definition) is 4. The van der Waals surface area contributed by atoms with Gasteiger partial charge in [-0.3, -0.25) is 0 Å². The Balaban J connectivity index is 1.11. The van der Waals surface area contributed by atoms with E-state index in [1.807, 2.05) is 0 Å². The number of fused-ring (bicyclic) bond motifs is 4. The Morgan fingerprint density at radius 1 is 0.526 bits per heavy atom. The average Bonchev–Trinajstić information content (AvgIpc) is 3.24. The van der Waals surface area contributed by atoms with Gasteiger partial charge in [0.15, 0.2) is 5.75 Å². The summed E-state index contributed by atoms with van der Waals surface area (Å²) in [5.74, 6) is 1.80. The van der Waals surface area contributed by atoms with Crippen molar-refractivity contribution in [3.8, 4) is 11.5 Å². The molecular formula is C52H38BN3O. The zero-order valence-corrected chi connectivity index (χ0v) is 31.9. The molecule has 5 aliphatic rings. The van der Waals surface area contributed by atoms with E-state index in [-0.39, 0.29) is 12.1 Å². The van der Waals surface area contributed by atoms with E-state index in [0.29, 0.717) is 0 Å². The van der Waals surface area contributed by atoms with Crippen LogP contribution in [0.15, 0.2) is 182 Å². The number of ether oxygens (including phenoxy) is 1. The second-order valence-electron chi connectivity index (χ2n) is 16.1. The highest BCUT2D eigenvalue weighted by atomic mass is 16.5. The Hall–Kier alpha value is -6.98. The average molecular weight is 732 g/mol. The zero-order valence-electron chi connectivity index (χ0n) is 31.9. The number of rotatable bonds is 5. The van der Waals surface area contributed by atoms with Gasteiger partial charge in [-0.25, -0.2) is 0 Å². The lowest BCUT2D eigenvalue weighted by Crippen LogP contribution is -2.62. The molecule has 8 aromatic carbocycles. The summed E-state index contributed by atoms with van der Waals surface area (Å²) in [6, 6.07) is 66.4. The lowest BCUT2D eigenvalue weighted by Gasteiger charge is -2.46. The highest BCUT2D eigenvalue weighted by molar-refractivity contribution is 7.00. The number of nitrogens with zero attached hydrogens (tertiary/aromatic N) is 3. The van der Waals surface area contributed by atoms with Gasteiger partial charge in [0, 0.05) is 62.0 Å². The van der Waals surface area contributed by atoms with Crippen molar-refractivity contribution in [3.05, 3.63) is 204 Å². The van der Waals surface area contributed by atoms with Gasteiger partial charge in [0.2, 0.25) is 0 Å². The Bertz CT molecular complexity index is 2910. The number of hydrogen-bond donors (Lipinski definition) is 0. The van der Waals surface area contributed by atoms with E-state index in [9.17, 15) is 0 Å². The third-order valence-electron chi connectivity index (χ3n) is 12.6. The van der Waals surface area contributed by atoms with Crippen LogP contribution in [0.5, 0.6) is 11.5 Å². The molecule has 270 valence electrons. The Morgan fingerprint density at radius 2 is 1.14 bits per heavy atom. The number of para-hydroxylation sites is 5. The maximum absolute atomic E-state index is 6.92. The normalized spacial score (nSPS) is 14.6. The van der Waals surface area contributed by atoms with Crippen molar-refractivity contribution in [1.82, 2.24) is 0 Å². The summed E-state index contributed by atoms with van der Waals surface area (Å²) in [5.41, 5.74) is 19.4. The molecule has 0 spiro atoms. The molecule has 0 saturated carbocycles. The molecule has 8 aromatic rings. The van der Waals surface area contributed by atoms with Crippen molar-refractivity contribution in [2.75, 3.05) is 14.7 Å². The third kappa shape index (κ3) is 4.63. The molecule has 3 heterocycles. The Kier molecular flexibility index (Phi) is 6.80. The van der Waals surface area contributed by atoms with E-state index in [0.717, 1.165) is 40.7 Å². The predicted molar refractivity (Wildman–Crippen MR) is 237 cm³/mol. The lowest BCUT2D eigenvalue weighted by atomic mass is 9.32. The monoisotopic (exact) mass is 731 g/mol. The van der Waals surface area contributed by atoms with Gasteiger partial charge in [-0.1, -0.05) is 117 Å². The van der Waals surface area contributed by atoms with Crippen LogP contribution >= 0.6 is 0 Å². The molecule has 0 N–H and O–H groups in total. The summed E-state index contributed by atoms with van der Waals surface area (Å²) in [5, 5.41) is 0. The third-order valence-corrected chi connectivity index (χ3v) is 12.6. The van der Waals surface area contributed by atoms with E-state index in [4.69, 9.17) is 4.74 Å². The van der Waals surface area contributed by atoms with Crippen molar-refractivity contribution in [3.63, 3.8) is 0 Å². The van der Waals surface area contributed by atoms with Crippen molar-refractivity contribution in [2.24, 2.45) is 0 Å². The molecule has 3 aliphatic heterocycles. The van der Waals surface area contributed by atoms with Gasteiger partial charge in [-0.15, -0.1) is 0 Å². The first-order valence-electron chi connectivity index (χ1n) is 19.9. The SMILES string of the molecule is CC1(C)c2ccccc2Oc2c(N(c3ccccc3)c3ccc4c(c3)N(c3ccccc3)c3cccc5c3B4c3c4cc(cc3N5c3ccccc3)C4)cccc21. The molecule has 0 unspecified atom stereocenters. The summed E-state index contributed by atoms with van der Waals surface area (Å²) in [6.45, 7) is 4.69. The van der Waals surface area contributed by atoms with E-state index < -0.39 is 0 Å². The molecule has 4 nitrogen and oxygen atoms in total. The first kappa shape index (κ1) is 32.3. The lowest BCUT2D eigenvalue weighted by molar-refractivity contribution is 0.419. The van der Waals surface area contributed by atoms with Crippen LogP contribution in [0.2, 0.25) is 0 Å². The fourth-order valence-electron chi connectivity index (χ4n) is 10.0.